The molecule has 0 aromatic heterocycles. The van der Waals surface area contributed by atoms with E-state index in [9.17, 15) is 13.2 Å². The maximum absolute atomic E-state index is 13.7. The van der Waals surface area contributed by atoms with E-state index in [1.165, 1.54) is 10.4 Å². The van der Waals surface area contributed by atoms with Crippen LogP contribution in [0.25, 0.3) is 0 Å². The lowest BCUT2D eigenvalue weighted by Gasteiger charge is -2.28. The Morgan fingerprint density at radius 1 is 1.15 bits per heavy atom. The van der Waals surface area contributed by atoms with Gasteiger partial charge < -0.3 is 19.1 Å². The minimum Gasteiger partial charge on any atom is -0.496 e. The third kappa shape index (κ3) is 5.43. The first-order valence-electron chi connectivity index (χ1n) is 11.6. The van der Waals surface area contributed by atoms with E-state index in [1.807, 2.05) is 24.3 Å². The molecule has 8 nitrogen and oxygen atoms in total. The number of hydrogen-bond acceptors (Lipinski definition) is 6. The molecule has 2 aromatic carbocycles. The molecule has 1 atom stereocenters. The van der Waals surface area contributed by atoms with Crippen LogP contribution in [0.15, 0.2) is 47.4 Å². The van der Waals surface area contributed by atoms with Crippen molar-refractivity contribution in [2.24, 2.45) is 0 Å². The fourth-order valence-corrected chi connectivity index (χ4v) is 6.07. The number of methoxy groups -OCH3 is 1. The molecule has 34 heavy (non-hydrogen) atoms. The van der Waals surface area contributed by atoms with Gasteiger partial charge >= 0.3 is 0 Å². The molecule has 1 amide bonds. The summed E-state index contributed by atoms with van der Waals surface area (Å²) in [5.74, 6) is 0.465. The van der Waals surface area contributed by atoms with E-state index in [-0.39, 0.29) is 16.9 Å². The number of carbonyl (C=O) groups excluding carboxylic acids is 1. The zero-order chi connectivity index (χ0) is 24.1. The second-order valence-corrected chi connectivity index (χ2v) is 10.5. The number of carbonyl (C=O) groups is 1. The zero-order valence-electron chi connectivity index (χ0n) is 19.7. The summed E-state index contributed by atoms with van der Waals surface area (Å²) in [5, 5.41) is 0. The van der Waals surface area contributed by atoms with Crippen LogP contribution in [0.3, 0.4) is 0 Å². The number of ether oxygens (including phenoxy) is 3. The minimum atomic E-state index is -3.73. The van der Waals surface area contributed by atoms with Crippen LogP contribution in [-0.2, 0) is 26.0 Å². The van der Waals surface area contributed by atoms with Crippen LogP contribution in [0.1, 0.15) is 34.3 Å². The van der Waals surface area contributed by atoms with Gasteiger partial charge in [-0.05, 0) is 43.5 Å². The number of rotatable bonds is 8. The number of morpholine rings is 1. The van der Waals surface area contributed by atoms with Crippen molar-refractivity contribution in [1.29, 1.82) is 0 Å². The van der Waals surface area contributed by atoms with E-state index in [0.29, 0.717) is 62.9 Å². The normalized spacial score (nSPS) is 19.2. The quantitative estimate of drug-likeness (QED) is 0.568. The Balaban J connectivity index is 1.64. The molecule has 0 radical (unpaired) electrons. The predicted molar refractivity (Wildman–Crippen MR) is 127 cm³/mol. The highest BCUT2D eigenvalue weighted by atomic mass is 32.2. The lowest BCUT2D eigenvalue weighted by Crippen LogP contribution is -2.41. The van der Waals surface area contributed by atoms with Crippen molar-refractivity contribution < 1.29 is 27.4 Å². The number of amides is 1. The Labute approximate surface area is 201 Å². The van der Waals surface area contributed by atoms with Crippen molar-refractivity contribution in [3.63, 3.8) is 0 Å². The molecule has 2 fully saturated rings. The van der Waals surface area contributed by atoms with E-state index in [1.54, 1.807) is 31.1 Å². The third-order valence-corrected chi connectivity index (χ3v) is 8.35. The number of nitrogens with zero attached hydrogens (tertiary/aromatic N) is 2. The van der Waals surface area contributed by atoms with Crippen LogP contribution in [-0.4, -0.2) is 76.2 Å². The molecular weight excluding hydrogens is 456 g/mol. The summed E-state index contributed by atoms with van der Waals surface area (Å²) in [6.07, 6.45) is 1.81. The van der Waals surface area contributed by atoms with E-state index in [0.717, 1.165) is 18.4 Å². The molecule has 0 N–H and O–H groups in total. The maximum atomic E-state index is 13.7. The largest absolute Gasteiger partial charge is 0.496 e. The number of aryl methyl sites for hydroxylation is 1. The van der Waals surface area contributed by atoms with Gasteiger partial charge in [0.2, 0.25) is 10.0 Å². The van der Waals surface area contributed by atoms with Crippen molar-refractivity contribution in [2.45, 2.75) is 37.3 Å². The zero-order valence-corrected chi connectivity index (χ0v) is 20.6. The molecule has 2 saturated heterocycles. The Morgan fingerprint density at radius 2 is 1.91 bits per heavy atom. The topological polar surface area (TPSA) is 85.4 Å². The Kier molecular flexibility index (Phi) is 7.88. The molecule has 4 rings (SSSR count). The van der Waals surface area contributed by atoms with Crippen molar-refractivity contribution in [3.05, 3.63) is 59.2 Å². The number of sulfonamides is 1. The van der Waals surface area contributed by atoms with Crippen LogP contribution in [0, 0.1) is 6.92 Å². The van der Waals surface area contributed by atoms with Crippen LogP contribution < -0.4 is 4.74 Å². The number of hydrogen-bond donors (Lipinski definition) is 0. The molecule has 0 spiro atoms. The van der Waals surface area contributed by atoms with Gasteiger partial charge in [0.25, 0.3) is 5.91 Å². The predicted octanol–water partition coefficient (Wildman–Crippen LogP) is 2.85. The SMILES string of the molecule is COc1ccccc1CN(CC1CCCO1)C(=O)c1ccc(C)c(S(=O)(=O)N2CCOCC2)c1. The van der Waals surface area contributed by atoms with E-state index < -0.39 is 10.0 Å². The molecule has 2 heterocycles. The molecule has 0 bridgehead atoms. The molecule has 9 heteroatoms. The van der Waals surface area contributed by atoms with Gasteiger partial charge in [-0.2, -0.15) is 4.31 Å². The molecule has 1 unspecified atom stereocenters. The standard InChI is InChI=1S/C25H32N2O6S/c1-19-9-10-20(16-24(19)34(29,30)27-11-14-32-15-12-27)25(28)26(18-22-7-5-13-33-22)17-21-6-3-4-8-23(21)31-2/h3-4,6,8-10,16,22H,5,7,11-15,17-18H2,1-2H3. The van der Waals surface area contributed by atoms with E-state index in [4.69, 9.17) is 14.2 Å². The molecule has 0 aliphatic carbocycles. The van der Waals surface area contributed by atoms with E-state index in [2.05, 4.69) is 0 Å². The molecule has 0 saturated carbocycles. The van der Waals surface area contributed by atoms with Crippen LogP contribution in [0.2, 0.25) is 0 Å². The summed E-state index contributed by atoms with van der Waals surface area (Å²) in [6.45, 7) is 4.54. The Hall–Kier alpha value is -2.46. The highest BCUT2D eigenvalue weighted by molar-refractivity contribution is 7.89. The first-order valence-corrected chi connectivity index (χ1v) is 13.1. The van der Waals surface area contributed by atoms with Crippen molar-refractivity contribution >= 4 is 15.9 Å². The van der Waals surface area contributed by atoms with Gasteiger partial charge in [0.15, 0.2) is 0 Å². The molecule has 2 aromatic rings. The Morgan fingerprint density at radius 3 is 2.62 bits per heavy atom. The first kappa shape index (κ1) is 24.7. The minimum absolute atomic E-state index is 0.0411. The Bertz CT molecular complexity index is 1110. The fourth-order valence-electron chi connectivity index (χ4n) is 4.41. The average Bonchev–Trinajstić information content (AvgIpc) is 3.37. The second-order valence-electron chi connectivity index (χ2n) is 8.63. The smallest absolute Gasteiger partial charge is 0.254 e. The van der Waals surface area contributed by atoms with Gasteiger partial charge in [0, 0.05) is 43.9 Å². The van der Waals surface area contributed by atoms with Crippen molar-refractivity contribution in [1.82, 2.24) is 9.21 Å². The number of para-hydroxylation sites is 1. The van der Waals surface area contributed by atoms with E-state index >= 15 is 0 Å². The lowest BCUT2D eigenvalue weighted by molar-refractivity contribution is 0.0505. The fraction of sp³-hybridized carbons (Fsp3) is 0.480. The van der Waals surface area contributed by atoms with Gasteiger partial charge in [0.05, 0.1) is 31.3 Å². The summed E-state index contributed by atoms with van der Waals surface area (Å²) >= 11 is 0. The average molecular weight is 489 g/mol. The van der Waals surface area contributed by atoms with Gasteiger partial charge in [-0.15, -0.1) is 0 Å². The lowest BCUT2D eigenvalue weighted by atomic mass is 10.1. The van der Waals surface area contributed by atoms with Gasteiger partial charge in [-0.1, -0.05) is 24.3 Å². The summed E-state index contributed by atoms with van der Waals surface area (Å²) < 4.78 is 44.6. The van der Waals surface area contributed by atoms with Gasteiger partial charge in [-0.25, -0.2) is 8.42 Å². The molecule has 2 aliphatic rings. The van der Waals surface area contributed by atoms with Crippen LogP contribution >= 0.6 is 0 Å². The highest BCUT2D eigenvalue weighted by Crippen LogP contribution is 2.26. The number of benzene rings is 2. The third-order valence-electron chi connectivity index (χ3n) is 6.31. The molecular formula is C25H32N2O6S. The maximum Gasteiger partial charge on any atom is 0.254 e. The summed E-state index contributed by atoms with van der Waals surface area (Å²) in [4.78, 5) is 15.6. The van der Waals surface area contributed by atoms with Crippen molar-refractivity contribution in [2.75, 3.05) is 46.6 Å². The summed E-state index contributed by atoms with van der Waals surface area (Å²) in [5.41, 5.74) is 1.83. The van der Waals surface area contributed by atoms with Gasteiger partial charge in [0.1, 0.15) is 5.75 Å². The molecule has 184 valence electrons. The van der Waals surface area contributed by atoms with Crippen molar-refractivity contribution in [3.8, 4) is 5.75 Å². The summed E-state index contributed by atoms with van der Waals surface area (Å²) in [7, 11) is -2.12. The van der Waals surface area contributed by atoms with Crippen LogP contribution in [0.5, 0.6) is 5.75 Å². The second kappa shape index (κ2) is 10.9. The summed E-state index contributed by atoms with van der Waals surface area (Å²) in [6, 6.07) is 12.5. The monoisotopic (exact) mass is 488 g/mol. The first-order chi connectivity index (χ1) is 16.4. The highest BCUT2D eigenvalue weighted by Gasteiger charge is 2.30. The van der Waals surface area contributed by atoms with Gasteiger partial charge in [-0.3, -0.25) is 4.79 Å². The molecule has 2 aliphatic heterocycles. The van der Waals surface area contributed by atoms with Crippen LogP contribution in [0.4, 0.5) is 0 Å².